The molecule has 1 atom stereocenters. The van der Waals surface area contributed by atoms with Gasteiger partial charge in [-0.2, -0.15) is 0 Å². The summed E-state index contributed by atoms with van der Waals surface area (Å²) in [6, 6.07) is 17.7. The van der Waals surface area contributed by atoms with E-state index in [-0.39, 0.29) is 35.6 Å². The number of methoxy groups -OCH3 is 1. The molecule has 0 radical (unpaired) electrons. The molecule has 1 aromatic heterocycles. The largest absolute Gasteiger partial charge is 0.504 e. The molecule has 0 fully saturated rings. The second-order valence-corrected chi connectivity index (χ2v) is 8.37. The molecule has 7 nitrogen and oxygen atoms in total. The third-order valence-electron chi connectivity index (χ3n) is 6.34. The molecule has 1 N–H and O–H groups in total. The number of hydrogen-bond donors (Lipinski definition) is 1. The molecular formula is C28H19NO6. The zero-order chi connectivity index (χ0) is 24.1. The molecule has 6 rings (SSSR count). The summed E-state index contributed by atoms with van der Waals surface area (Å²) in [5, 5.41) is 11.0. The highest BCUT2D eigenvalue weighted by Crippen LogP contribution is 2.49. The number of carbonyl (C=O) groups is 2. The smallest absolute Gasteiger partial charge is 0.312 e. The number of fused-ring (bicyclic) bond motifs is 4. The fourth-order valence-electron chi connectivity index (χ4n) is 4.74. The normalized spacial score (nSPS) is 17.6. The Balaban J connectivity index is 1.48. The predicted molar refractivity (Wildman–Crippen MR) is 128 cm³/mol. The van der Waals surface area contributed by atoms with Crippen LogP contribution in [0, 0.1) is 0 Å². The van der Waals surface area contributed by atoms with E-state index in [1.165, 1.54) is 13.2 Å². The first kappa shape index (κ1) is 20.9. The van der Waals surface area contributed by atoms with Crippen LogP contribution >= 0.6 is 0 Å². The van der Waals surface area contributed by atoms with Crippen LogP contribution in [0.4, 0.5) is 0 Å². The number of rotatable bonds is 3. The molecule has 7 heteroatoms. The quantitative estimate of drug-likeness (QED) is 0.258. The van der Waals surface area contributed by atoms with Crippen molar-refractivity contribution in [3.8, 4) is 23.0 Å². The van der Waals surface area contributed by atoms with Gasteiger partial charge in [0.1, 0.15) is 11.5 Å². The summed E-state index contributed by atoms with van der Waals surface area (Å²) in [6.45, 7) is 0. The molecule has 0 saturated heterocycles. The lowest BCUT2D eigenvalue weighted by Gasteiger charge is -2.27. The van der Waals surface area contributed by atoms with Crippen LogP contribution in [-0.4, -0.2) is 29.0 Å². The van der Waals surface area contributed by atoms with Crippen LogP contribution in [0.2, 0.25) is 0 Å². The number of aromatic hydroxyl groups is 1. The molecule has 3 heterocycles. The van der Waals surface area contributed by atoms with E-state index in [0.717, 1.165) is 16.5 Å². The van der Waals surface area contributed by atoms with E-state index in [2.05, 4.69) is 4.98 Å². The van der Waals surface area contributed by atoms with Gasteiger partial charge in [-0.15, -0.1) is 0 Å². The van der Waals surface area contributed by atoms with Crippen molar-refractivity contribution in [1.82, 2.24) is 4.98 Å². The molecule has 0 spiro atoms. The first-order valence-electron chi connectivity index (χ1n) is 11.1. The van der Waals surface area contributed by atoms with Gasteiger partial charge in [0.2, 0.25) is 5.78 Å². The van der Waals surface area contributed by atoms with E-state index < -0.39 is 0 Å². The van der Waals surface area contributed by atoms with E-state index in [1.807, 2.05) is 30.3 Å². The Bertz CT molecular complexity index is 1570. The summed E-state index contributed by atoms with van der Waals surface area (Å²) >= 11 is 0. The van der Waals surface area contributed by atoms with Crippen molar-refractivity contribution < 1.29 is 28.9 Å². The van der Waals surface area contributed by atoms with Crippen molar-refractivity contribution >= 4 is 28.7 Å². The Morgan fingerprint density at radius 2 is 1.91 bits per heavy atom. The van der Waals surface area contributed by atoms with Crippen molar-refractivity contribution in [2.24, 2.45) is 0 Å². The number of pyridine rings is 1. The Kier molecular flexibility index (Phi) is 4.77. The van der Waals surface area contributed by atoms with Crippen LogP contribution in [0.25, 0.3) is 17.0 Å². The maximum Gasteiger partial charge on any atom is 0.312 e. The highest BCUT2D eigenvalue weighted by Gasteiger charge is 2.39. The number of esters is 1. The molecule has 0 aliphatic carbocycles. The van der Waals surface area contributed by atoms with Crippen molar-refractivity contribution in [1.29, 1.82) is 0 Å². The van der Waals surface area contributed by atoms with Gasteiger partial charge in [-0.05, 0) is 53.6 Å². The van der Waals surface area contributed by atoms with Crippen LogP contribution in [0.3, 0.4) is 0 Å². The first-order valence-corrected chi connectivity index (χ1v) is 11.1. The highest BCUT2D eigenvalue weighted by atomic mass is 16.5. The van der Waals surface area contributed by atoms with E-state index in [4.69, 9.17) is 14.2 Å². The summed E-state index contributed by atoms with van der Waals surface area (Å²) in [6.07, 6.45) is 3.40. The summed E-state index contributed by atoms with van der Waals surface area (Å²) in [4.78, 5) is 30.2. The average molecular weight is 465 g/mol. The minimum absolute atomic E-state index is 0.0428. The summed E-state index contributed by atoms with van der Waals surface area (Å²) < 4.78 is 16.7. The van der Waals surface area contributed by atoms with Gasteiger partial charge < -0.3 is 19.3 Å². The highest BCUT2D eigenvalue weighted by molar-refractivity contribution is 6.15. The minimum Gasteiger partial charge on any atom is -0.504 e. The SMILES string of the molecule is COc1ccc(C=C2Oc3c(ccc4c3C(c3ccnc5ccccc35)CC(=O)O4)C2=O)cc1O. The van der Waals surface area contributed by atoms with E-state index >= 15 is 0 Å². The maximum absolute atomic E-state index is 13.2. The molecule has 172 valence electrons. The molecule has 0 saturated carbocycles. The molecule has 2 aliphatic heterocycles. The number of benzene rings is 3. The summed E-state index contributed by atoms with van der Waals surface area (Å²) in [7, 11) is 1.46. The van der Waals surface area contributed by atoms with E-state index in [1.54, 1.807) is 36.5 Å². The number of aromatic nitrogens is 1. The van der Waals surface area contributed by atoms with Crippen molar-refractivity contribution in [2.45, 2.75) is 12.3 Å². The van der Waals surface area contributed by atoms with Gasteiger partial charge in [-0.1, -0.05) is 24.3 Å². The standard InChI is InChI=1S/C28H19NO6/c1-33-22-8-6-15(12-21(22)30)13-24-27(32)18-7-9-23-26(28(18)35-24)19(14-25(31)34-23)16-10-11-29-20-5-3-2-4-17(16)20/h2-13,19,30H,14H2,1H3. The molecule has 0 bridgehead atoms. The number of nitrogens with zero attached hydrogens (tertiary/aromatic N) is 1. The number of para-hydroxylation sites is 1. The number of Topliss-reactive ketones (excluding diaryl/α,β-unsaturated/α-hetero) is 1. The Morgan fingerprint density at radius 3 is 2.74 bits per heavy atom. The fourth-order valence-corrected chi connectivity index (χ4v) is 4.74. The van der Waals surface area contributed by atoms with Gasteiger partial charge in [0.25, 0.3) is 0 Å². The molecule has 35 heavy (non-hydrogen) atoms. The average Bonchev–Trinajstić information content (AvgIpc) is 3.18. The lowest BCUT2D eigenvalue weighted by molar-refractivity contribution is -0.135. The Morgan fingerprint density at radius 1 is 1.06 bits per heavy atom. The molecule has 2 aliphatic rings. The summed E-state index contributed by atoms with van der Waals surface area (Å²) in [5.41, 5.74) is 3.36. The van der Waals surface area contributed by atoms with Gasteiger partial charge >= 0.3 is 5.97 Å². The minimum atomic E-state index is -0.369. The molecule has 0 amide bonds. The maximum atomic E-state index is 13.2. The number of hydrogen-bond acceptors (Lipinski definition) is 7. The topological polar surface area (TPSA) is 95.0 Å². The van der Waals surface area contributed by atoms with Gasteiger partial charge in [0.05, 0.1) is 24.6 Å². The third-order valence-corrected chi connectivity index (χ3v) is 6.34. The van der Waals surface area contributed by atoms with E-state index in [0.29, 0.717) is 33.9 Å². The number of allylic oxidation sites excluding steroid dienone is 1. The van der Waals surface area contributed by atoms with Gasteiger partial charge in [-0.25, -0.2) is 0 Å². The van der Waals surface area contributed by atoms with Crippen molar-refractivity contribution in [2.75, 3.05) is 7.11 Å². The fraction of sp³-hybridized carbons (Fsp3) is 0.107. The van der Waals surface area contributed by atoms with Crippen molar-refractivity contribution in [3.63, 3.8) is 0 Å². The zero-order valence-corrected chi connectivity index (χ0v) is 18.6. The molecule has 4 aromatic rings. The number of ether oxygens (including phenoxy) is 3. The Hall–Kier alpha value is -4.65. The number of carbonyl (C=O) groups excluding carboxylic acids is 2. The second-order valence-electron chi connectivity index (χ2n) is 8.37. The van der Waals surface area contributed by atoms with Crippen LogP contribution in [0.15, 0.2) is 72.6 Å². The first-order chi connectivity index (χ1) is 17.0. The van der Waals surface area contributed by atoms with Gasteiger partial charge in [0.15, 0.2) is 17.3 Å². The van der Waals surface area contributed by atoms with Crippen LogP contribution in [-0.2, 0) is 4.79 Å². The molecule has 1 unspecified atom stereocenters. The predicted octanol–water partition coefficient (Wildman–Crippen LogP) is 5.01. The van der Waals surface area contributed by atoms with E-state index in [9.17, 15) is 14.7 Å². The molecular weight excluding hydrogens is 446 g/mol. The molecule has 3 aromatic carbocycles. The number of phenolic OH excluding ortho intramolecular Hbond substituents is 1. The number of phenols is 1. The summed E-state index contributed by atoms with van der Waals surface area (Å²) in [5.74, 6) is 0.165. The zero-order valence-electron chi connectivity index (χ0n) is 18.6. The lowest BCUT2D eigenvalue weighted by atomic mass is 9.83. The van der Waals surface area contributed by atoms with Gasteiger partial charge in [-0.3, -0.25) is 14.6 Å². The Labute approximate surface area is 200 Å². The van der Waals surface area contributed by atoms with Crippen LogP contribution in [0.5, 0.6) is 23.0 Å². The monoisotopic (exact) mass is 465 g/mol. The lowest BCUT2D eigenvalue weighted by Crippen LogP contribution is -2.21. The second kappa shape index (κ2) is 7.99. The van der Waals surface area contributed by atoms with Gasteiger partial charge in [0, 0.05) is 23.1 Å². The van der Waals surface area contributed by atoms with Crippen LogP contribution in [0.1, 0.15) is 39.4 Å². The third kappa shape index (κ3) is 3.40. The van der Waals surface area contributed by atoms with Crippen LogP contribution < -0.4 is 14.2 Å². The van der Waals surface area contributed by atoms with Crippen molar-refractivity contribution in [3.05, 3.63) is 94.9 Å². The number of ketones is 1.